The monoisotopic (exact) mass is 511 g/mol. The molecular weight excluding hydrogens is 474 g/mol. The van der Waals surface area contributed by atoms with Crippen molar-refractivity contribution in [3.63, 3.8) is 0 Å². The van der Waals surface area contributed by atoms with Crippen LogP contribution in [0, 0.1) is 0 Å². The fourth-order valence-electron chi connectivity index (χ4n) is 4.11. The minimum Gasteiger partial charge on any atom is -0.462 e. The van der Waals surface area contributed by atoms with E-state index in [2.05, 4.69) is 10.3 Å². The van der Waals surface area contributed by atoms with Crippen molar-refractivity contribution in [1.82, 2.24) is 4.98 Å². The van der Waals surface area contributed by atoms with E-state index in [1.165, 1.54) is 4.90 Å². The number of H-pyrrole nitrogens is 1. The molecule has 37 heavy (non-hydrogen) atoms. The molecule has 0 fully saturated rings. The highest BCUT2D eigenvalue weighted by Gasteiger charge is 2.41. The first-order valence-corrected chi connectivity index (χ1v) is 12.5. The second kappa shape index (κ2) is 10.7. The number of nitrogens with zero attached hydrogens (tertiary/aromatic N) is 1. The van der Waals surface area contributed by atoms with E-state index in [0.717, 1.165) is 16.5 Å². The van der Waals surface area contributed by atoms with Gasteiger partial charge in [0.15, 0.2) is 0 Å². The minimum atomic E-state index is -0.812. The van der Waals surface area contributed by atoms with Crippen molar-refractivity contribution in [2.45, 2.75) is 72.9 Å². The van der Waals surface area contributed by atoms with E-state index >= 15 is 0 Å². The first-order valence-electron chi connectivity index (χ1n) is 12.5. The summed E-state index contributed by atoms with van der Waals surface area (Å²) in [6.07, 6.45) is 1.84. The number of aromatic nitrogens is 1. The van der Waals surface area contributed by atoms with Crippen LogP contribution in [-0.4, -0.2) is 47.1 Å². The maximum absolute atomic E-state index is 13.9. The van der Waals surface area contributed by atoms with Crippen LogP contribution < -0.4 is 10.2 Å². The predicted molar refractivity (Wildman–Crippen MR) is 143 cm³/mol. The summed E-state index contributed by atoms with van der Waals surface area (Å²) in [4.78, 5) is 44.9. The summed E-state index contributed by atoms with van der Waals surface area (Å²) in [7, 11) is 0. The molecule has 0 atom stereocenters. The summed E-state index contributed by atoms with van der Waals surface area (Å²) in [6.45, 7) is 14.7. The second-order valence-corrected chi connectivity index (χ2v) is 10.7. The molecule has 0 aliphatic carbocycles. The number of para-hydroxylation sites is 1. The molecule has 0 saturated heterocycles. The molecule has 0 saturated carbocycles. The third kappa shape index (κ3) is 6.15. The molecule has 9 heteroatoms. The topological polar surface area (TPSA) is 114 Å². The van der Waals surface area contributed by atoms with Gasteiger partial charge in [-0.05, 0) is 67.0 Å². The van der Waals surface area contributed by atoms with Crippen LogP contribution in [0.4, 0.5) is 11.8 Å². The van der Waals surface area contributed by atoms with Gasteiger partial charge in [-0.15, -0.1) is 0 Å². The summed E-state index contributed by atoms with van der Waals surface area (Å²) in [5.74, 6) is -1.86. The molecule has 0 unspecified atom stereocenters. The van der Waals surface area contributed by atoms with E-state index in [-0.39, 0.29) is 48.4 Å². The van der Waals surface area contributed by atoms with Gasteiger partial charge in [0.05, 0.1) is 19.6 Å². The van der Waals surface area contributed by atoms with Crippen LogP contribution in [0.5, 0.6) is 0 Å². The highest BCUT2D eigenvalue weighted by molar-refractivity contribution is 6.12. The number of rotatable bonds is 8. The fraction of sp³-hybridized carbons (Fsp3) is 0.464. The number of aromatic amines is 1. The van der Waals surface area contributed by atoms with Crippen LogP contribution in [0.1, 0.15) is 81.7 Å². The molecule has 1 amide bonds. The van der Waals surface area contributed by atoms with Crippen molar-refractivity contribution in [3.8, 4) is 0 Å². The van der Waals surface area contributed by atoms with Gasteiger partial charge in [-0.3, -0.25) is 9.69 Å². The smallest absolute Gasteiger partial charge is 0.344 e. The third-order valence-electron chi connectivity index (χ3n) is 5.48. The van der Waals surface area contributed by atoms with Gasteiger partial charge in [0, 0.05) is 28.2 Å². The maximum atomic E-state index is 13.9. The lowest BCUT2D eigenvalue weighted by molar-refractivity contribution is -0.119. The number of amides is 1. The van der Waals surface area contributed by atoms with Crippen molar-refractivity contribution in [1.29, 1.82) is 0 Å². The molecule has 0 radical (unpaired) electrons. The lowest BCUT2D eigenvalue weighted by Gasteiger charge is -2.34. The van der Waals surface area contributed by atoms with E-state index in [4.69, 9.17) is 13.9 Å². The number of fused-ring (bicyclic) bond motifs is 1. The van der Waals surface area contributed by atoms with Gasteiger partial charge < -0.3 is 24.2 Å². The first-order chi connectivity index (χ1) is 17.3. The normalized spacial score (nSPS) is 11.9. The number of anilines is 2. The molecule has 3 rings (SSSR count). The summed E-state index contributed by atoms with van der Waals surface area (Å²) >= 11 is 0. The zero-order valence-electron chi connectivity index (χ0n) is 22.9. The van der Waals surface area contributed by atoms with E-state index < -0.39 is 23.0 Å². The molecule has 0 aliphatic heterocycles. The Morgan fingerprint density at radius 2 is 1.54 bits per heavy atom. The number of ether oxygens (including phenoxy) is 2. The Morgan fingerprint density at radius 1 is 0.946 bits per heavy atom. The molecular formula is C28H37N3O6. The van der Waals surface area contributed by atoms with Crippen molar-refractivity contribution in [2.24, 2.45) is 0 Å². The number of carbonyl (C=O) groups excluding carboxylic acids is 3. The fourth-order valence-corrected chi connectivity index (χ4v) is 4.11. The second-order valence-electron chi connectivity index (χ2n) is 10.7. The zero-order chi connectivity index (χ0) is 27.5. The van der Waals surface area contributed by atoms with E-state index in [1.54, 1.807) is 20.0 Å². The molecule has 2 N–H and O–H groups in total. The average Bonchev–Trinajstić information content (AvgIpc) is 3.33. The third-order valence-corrected chi connectivity index (χ3v) is 5.48. The molecule has 0 aliphatic rings. The Hall–Kier alpha value is -3.75. The molecule has 9 nitrogen and oxygen atoms in total. The lowest BCUT2D eigenvalue weighted by Crippen LogP contribution is -2.47. The first kappa shape index (κ1) is 27.8. The van der Waals surface area contributed by atoms with Crippen LogP contribution in [0.2, 0.25) is 0 Å². The molecule has 3 aromatic rings. The van der Waals surface area contributed by atoms with Gasteiger partial charge in [-0.2, -0.15) is 0 Å². The standard InChI is InChI=1S/C28H37N3O6/c1-9-35-25(33)21-22(26(34)36-10-2)24(37-23(21)30-27(3,4)5)31(28(6,7)8)20(32)15-17-16-29-19-14-12-11-13-18(17)19/h11-14,16,29-30H,9-10,15H2,1-8H3. The number of hydrogen-bond donors (Lipinski definition) is 2. The Bertz CT molecular complexity index is 1290. The van der Waals surface area contributed by atoms with Gasteiger partial charge in [0.2, 0.25) is 17.7 Å². The Kier molecular flexibility index (Phi) is 8.05. The summed E-state index contributed by atoms with van der Waals surface area (Å²) in [6, 6.07) is 7.71. The number of nitrogens with one attached hydrogen (secondary N) is 2. The van der Waals surface area contributed by atoms with Crippen LogP contribution in [0.25, 0.3) is 10.9 Å². The number of hydrogen-bond acceptors (Lipinski definition) is 7. The van der Waals surface area contributed by atoms with Crippen LogP contribution in [0.15, 0.2) is 34.9 Å². The Morgan fingerprint density at radius 3 is 2.11 bits per heavy atom. The highest BCUT2D eigenvalue weighted by Crippen LogP contribution is 2.40. The SMILES string of the molecule is CCOC(=O)c1c(NC(C)(C)C)oc(N(C(=O)Cc2c[nH]c3ccccc23)C(C)(C)C)c1C(=O)OCC. The Labute approximate surface area is 217 Å². The van der Waals surface area contributed by atoms with Crippen LogP contribution in [-0.2, 0) is 20.7 Å². The summed E-state index contributed by atoms with van der Waals surface area (Å²) in [5.41, 5.74) is 0.140. The van der Waals surface area contributed by atoms with E-state index in [1.807, 2.05) is 65.8 Å². The number of furan rings is 1. The van der Waals surface area contributed by atoms with E-state index in [0.29, 0.717) is 0 Å². The van der Waals surface area contributed by atoms with Crippen molar-refractivity contribution >= 4 is 40.5 Å². The average molecular weight is 512 g/mol. The predicted octanol–water partition coefficient (Wildman–Crippen LogP) is 5.70. The quantitative estimate of drug-likeness (QED) is 0.373. The molecule has 2 aromatic heterocycles. The molecule has 0 bridgehead atoms. The molecule has 2 heterocycles. The highest BCUT2D eigenvalue weighted by atomic mass is 16.5. The van der Waals surface area contributed by atoms with Crippen LogP contribution in [0.3, 0.4) is 0 Å². The van der Waals surface area contributed by atoms with E-state index in [9.17, 15) is 14.4 Å². The maximum Gasteiger partial charge on any atom is 0.344 e. The van der Waals surface area contributed by atoms with Crippen molar-refractivity contribution < 1.29 is 28.3 Å². The number of carbonyl (C=O) groups is 3. The molecule has 0 spiro atoms. The zero-order valence-corrected chi connectivity index (χ0v) is 22.9. The van der Waals surface area contributed by atoms with Gasteiger partial charge in [-0.25, -0.2) is 9.59 Å². The van der Waals surface area contributed by atoms with Gasteiger partial charge in [0.1, 0.15) is 11.1 Å². The summed E-state index contributed by atoms with van der Waals surface area (Å²) < 4.78 is 16.7. The van der Waals surface area contributed by atoms with Crippen LogP contribution >= 0.6 is 0 Å². The number of esters is 2. The van der Waals surface area contributed by atoms with Gasteiger partial charge in [0.25, 0.3) is 0 Å². The van der Waals surface area contributed by atoms with Gasteiger partial charge >= 0.3 is 11.9 Å². The molecule has 1 aromatic carbocycles. The lowest BCUT2D eigenvalue weighted by atomic mass is 10.0. The minimum absolute atomic E-state index is 0.0400. The van der Waals surface area contributed by atoms with Gasteiger partial charge in [-0.1, -0.05) is 18.2 Å². The molecule has 200 valence electrons. The summed E-state index contributed by atoms with van der Waals surface area (Å²) in [5, 5.41) is 4.07. The number of benzene rings is 1. The van der Waals surface area contributed by atoms with Crippen molar-refractivity contribution in [3.05, 3.63) is 47.2 Å². The largest absolute Gasteiger partial charge is 0.462 e. The Balaban J connectivity index is 2.22. The van der Waals surface area contributed by atoms with Crippen molar-refractivity contribution in [2.75, 3.05) is 23.4 Å².